The van der Waals surface area contributed by atoms with Crippen molar-refractivity contribution >= 4 is 0 Å². The van der Waals surface area contributed by atoms with Gasteiger partial charge in [0.05, 0.1) is 6.10 Å². The van der Waals surface area contributed by atoms with Crippen molar-refractivity contribution in [2.24, 2.45) is 5.92 Å². The van der Waals surface area contributed by atoms with Crippen LogP contribution in [0, 0.1) is 5.92 Å². The Kier molecular flexibility index (Phi) is 5.17. The van der Waals surface area contributed by atoms with E-state index in [4.69, 9.17) is 0 Å². The standard InChI is InChI=1S/C16H22O/c1-12(2)10-15(13(3)4)11-16(17)14-8-6-5-7-9-14/h5-9,11,13,16-17H,1,10H2,2-4H3/b15-11-. The van der Waals surface area contributed by atoms with Crippen LogP contribution in [0.25, 0.3) is 0 Å². The molecule has 1 N–H and O–H groups in total. The molecule has 1 rings (SSSR count). The van der Waals surface area contributed by atoms with Gasteiger partial charge >= 0.3 is 0 Å². The van der Waals surface area contributed by atoms with Crippen LogP contribution in [-0.2, 0) is 0 Å². The molecule has 1 nitrogen and oxygen atoms in total. The first-order valence-corrected chi connectivity index (χ1v) is 6.08. The summed E-state index contributed by atoms with van der Waals surface area (Å²) in [6, 6.07) is 9.73. The number of aliphatic hydroxyl groups is 1. The van der Waals surface area contributed by atoms with Gasteiger partial charge in [-0.25, -0.2) is 0 Å². The fourth-order valence-corrected chi connectivity index (χ4v) is 1.75. The average molecular weight is 230 g/mol. The predicted molar refractivity (Wildman–Crippen MR) is 73.8 cm³/mol. The lowest BCUT2D eigenvalue weighted by molar-refractivity contribution is 0.226. The van der Waals surface area contributed by atoms with E-state index in [9.17, 15) is 5.11 Å². The highest BCUT2D eigenvalue weighted by Gasteiger charge is 2.09. The van der Waals surface area contributed by atoms with E-state index in [0.717, 1.165) is 17.6 Å². The molecule has 1 aromatic rings. The van der Waals surface area contributed by atoms with Gasteiger partial charge in [0.25, 0.3) is 0 Å². The van der Waals surface area contributed by atoms with E-state index < -0.39 is 6.10 Å². The molecule has 0 saturated carbocycles. The lowest BCUT2D eigenvalue weighted by atomic mass is 9.94. The van der Waals surface area contributed by atoms with Crippen molar-refractivity contribution in [3.05, 3.63) is 59.7 Å². The molecule has 92 valence electrons. The van der Waals surface area contributed by atoms with Gasteiger partial charge in [-0.15, -0.1) is 0 Å². The first-order chi connectivity index (χ1) is 8.00. The van der Waals surface area contributed by atoms with Crippen LogP contribution in [0.15, 0.2) is 54.1 Å². The van der Waals surface area contributed by atoms with Gasteiger partial charge in [0, 0.05) is 0 Å². The van der Waals surface area contributed by atoms with Gasteiger partial charge < -0.3 is 5.11 Å². The molecular formula is C16H22O. The molecule has 0 aromatic heterocycles. The van der Waals surface area contributed by atoms with E-state index in [-0.39, 0.29) is 0 Å². The number of benzene rings is 1. The summed E-state index contributed by atoms with van der Waals surface area (Å²) < 4.78 is 0. The Morgan fingerprint density at radius 1 is 1.29 bits per heavy atom. The highest BCUT2D eigenvalue weighted by atomic mass is 16.3. The topological polar surface area (TPSA) is 20.2 Å². The summed E-state index contributed by atoms with van der Waals surface area (Å²) in [5.74, 6) is 0.435. The Labute approximate surface area is 104 Å². The Bertz CT molecular complexity index is 387. The molecule has 0 heterocycles. The molecule has 0 saturated heterocycles. The minimum atomic E-state index is -0.520. The second-order valence-corrected chi connectivity index (χ2v) is 4.89. The van der Waals surface area contributed by atoms with E-state index in [2.05, 4.69) is 20.4 Å². The quantitative estimate of drug-likeness (QED) is 0.749. The SMILES string of the molecule is C=C(C)C/C(=C/C(O)c1ccccc1)C(C)C. The number of hydrogen-bond acceptors (Lipinski definition) is 1. The number of allylic oxidation sites excluding steroid dienone is 2. The van der Waals surface area contributed by atoms with Crippen molar-refractivity contribution in [3.8, 4) is 0 Å². The van der Waals surface area contributed by atoms with Crippen LogP contribution in [0.3, 0.4) is 0 Å². The van der Waals surface area contributed by atoms with Gasteiger partial charge in [-0.2, -0.15) is 0 Å². The van der Waals surface area contributed by atoms with Crippen molar-refractivity contribution in [2.45, 2.75) is 33.3 Å². The maximum atomic E-state index is 10.1. The Hall–Kier alpha value is -1.34. The largest absolute Gasteiger partial charge is 0.384 e. The molecule has 17 heavy (non-hydrogen) atoms. The average Bonchev–Trinajstić information content (AvgIpc) is 2.28. The second-order valence-electron chi connectivity index (χ2n) is 4.89. The zero-order chi connectivity index (χ0) is 12.8. The number of aliphatic hydroxyl groups excluding tert-OH is 1. The van der Waals surface area contributed by atoms with E-state index in [1.807, 2.05) is 43.3 Å². The summed E-state index contributed by atoms with van der Waals surface area (Å²) in [4.78, 5) is 0. The first kappa shape index (κ1) is 13.7. The van der Waals surface area contributed by atoms with E-state index in [1.54, 1.807) is 0 Å². The second kappa shape index (κ2) is 6.41. The predicted octanol–water partition coefficient (Wildman–Crippen LogP) is 4.27. The number of rotatable bonds is 5. The van der Waals surface area contributed by atoms with E-state index in [0.29, 0.717) is 5.92 Å². The molecular weight excluding hydrogens is 208 g/mol. The fraction of sp³-hybridized carbons (Fsp3) is 0.375. The molecule has 0 aliphatic carbocycles. The molecule has 1 heteroatoms. The van der Waals surface area contributed by atoms with Crippen LogP contribution in [0.4, 0.5) is 0 Å². The highest BCUT2D eigenvalue weighted by molar-refractivity contribution is 5.24. The lowest BCUT2D eigenvalue weighted by Gasteiger charge is -2.14. The molecule has 1 unspecified atom stereocenters. The maximum absolute atomic E-state index is 10.1. The molecule has 0 spiro atoms. The molecule has 1 aromatic carbocycles. The van der Waals surface area contributed by atoms with Crippen LogP contribution in [0.5, 0.6) is 0 Å². The monoisotopic (exact) mass is 230 g/mol. The molecule has 0 bridgehead atoms. The van der Waals surface area contributed by atoms with Crippen LogP contribution in [0.2, 0.25) is 0 Å². The third-order valence-electron chi connectivity index (χ3n) is 2.76. The van der Waals surface area contributed by atoms with Crippen LogP contribution in [-0.4, -0.2) is 5.11 Å². The summed E-state index contributed by atoms with van der Waals surface area (Å²) in [7, 11) is 0. The van der Waals surface area contributed by atoms with Crippen molar-refractivity contribution in [2.75, 3.05) is 0 Å². The Morgan fingerprint density at radius 3 is 2.35 bits per heavy atom. The molecule has 0 fully saturated rings. The molecule has 0 aliphatic heterocycles. The fourth-order valence-electron chi connectivity index (χ4n) is 1.75. The molecule has 0 amide bonds. The van der Waals surface area contributed by atoms with Crippen LogP contribution in [0.1, 0.15) is 38.9 Å². The highest BCUT2D eigenvalue weighted by Crippen LogP contribution is 2.23. The first-order valence-electron chi connectivity index (χ1n) is 6.08. The van der Waals surface area contributed by atoms with Gasteiger partial charge in [0.2, 0.25) is 0 Å². The van der Waals surface area contributed by atoms with Gasteiger partial charge in [-0.05, 0) is 24.8 Å². The van der Waals surface area contributed by atoms with Gasteiger partial charge in [-0.1, -0.05) is 68.0 Å². The summed E-state index contributed by atoms with van der Waals surface area (Å²) in [6.45, 7) is 10.2. The molecule has 0 aliphatic rings. The van der Waals surface area contributed by atoms with Crippen LogP contribution < -0.4 is 0 Å². The third kappa shape index (κ3) is 4.58. The summed E-state index contributed by atoms with van der Waals surface area (Å²) in [6.07, 6.45) is 2.30. The number of hydrogen-bond donors (Lipinski definition) is 1. The Morgan fingerprint density at radius 2 is 1.88 bits per heavy atom. The smallest absolute Gasteiger partial charge is 0.0974 e. The normalized spacial score (nSPS) is 13.8. The molecule has 1 atom stereocenters. The summed E-state index contributed by atoms with van der Waals surface area (Å²) in [5.41, 5.74) is 3.31. The van der Waals surface area contributed by atoms with Gasteiger partial charge in [0.15, 0.2) is 0 Å². The van der Waals surface area contributed by atoms with E-state index in [1.165, 1.54) is 5.57 Å². The zero-order valence-electron chi connectivity index (χ0n) is 11.0. The van der Waals surface area contributed by atoms with Gasteiger partial charge in [-0.3, -0.25) is 0 Å². The maximum Gasteiger partial charge on any atom is 0.0974 e. The van der Waals surface area contributed by atoms with Crippen molar-refractivity contribution in [3.63, 3.8) is 0 Å². The summed E-state index contributed by atoms with van der Waals surface area (Å²) >= 11 is 0. The van der Waals surface area contributed by atoms with Crippen LogP contribution >= 0.6 is 0 Å². The Balaban J connectivity index is 2.87. The van der Waals surface area contributed by atoms with E-state index >= 15 is 0 Å². The third-order valence-corrected chi connectivity index (χ3v) is 2.76. The molecule has 0 radical (unpaired) electrons. The summed E-state index contributed by atoms with van der Waals surface area (Å²) in [5, 5.41) is 10.1. The van der Waals surface area contributed by atoms with Crippen molar-refractivity contribution in [1.29, 1.82) is 0 Å². The van der Waals surface area contributed by atoms with Crippen molar-refractivity contribution in [1.82, 2.24) is 0 Å². The minimum Gasteiger partial charge on any atom is -0.384 e. The van der Waals surface area contributed by atoms with Gasteiger partial charge in [0.1, 0.15) is 0 Å². The van der Waals surface area contributed by atoms with Crippen molar-refractivity contribution < 1.29 is 5.11 Å². The minimum absolute atomic E-state index is 0.435. The lowest BCUT2D eigenvalue weighted by Crippen LogP contribution is -2.00. The zero-order valence-corrected chi connectivity index (χ0v) is 11.0.